The Labute approximate surface area is 188 Å². The molecule has 0 saturated carbocycles. The van der Waals surface area contributed by atoms with E-state index < -0.39 is 10.0 Å². The van der Waals surface area contributed by atoms with E-state index in [1.807, 2.05) is 24.3 Å². The fraction of sp³-hybridized carbons (Fsp3) is 0.364. The molecule has 2 amide bonds. The summed E-state index contributed by atoms with van der Waals surface area (Å²) in [7, 11) is 0.836. The molecule has 1 saturated heterocycles. The summed E-state index contributed by atoms with van der Waals surface area (Å²) in [5.74, 6) is -0.705. The largest absolute Gasteiger partial charge is 0.378 e. The van der Waals surface area contributed by atoms with Gasteiger partial charge < -0.3 is 19.9 Å². The summed E-state index contributed by atoms with van der Waals surface area (Å²) in [5, 5.41) is 2.79. The molecule has 1 aliphatic heterocycles. The third-order valence-corrected chi connectivity index (χ3v) is 6.96. The molecule has 2 aromatic rings. The molecule has 0 aromatic heterocycles. The zero-order chi connectivity index (χ0) is 23.3. The van der Waals surface area contributed by atoms with Gasteiger partial charge in [-0.15, -0.1) is 0 Å². The summed E-state index contributed by atoms with van der Waals surface area (Å²) in [6, 6.07) is 13.2. The van der Waals surface area contributed by atoms with Crippen molar-refractivity contribution >= 4 is 33.2 Å². The Morgan fingerprint density at radius 2 is 1.56 bits per heavy atom. The van der Waals surface area contributed by atoms with Gasteiger partial charge in [0, 0.05) is 51.2 Å². The normalized spacial score (nSPS) is 14.3. The van der Waals surface area contributed by atoms with Crippen LogP contribution in [0.15, 0.2) is 53.4 Å². The van der Waals surface area contributed by atoms with Gasteiger partial charge >= 0.3 is 0 Å². The molecular weight excluding hydrogens is 432 g/mol. The fourth-order valence-corrected chi connectivity index (χ4v) is 4.17. The average molecular weight is 461 g/mol. The number of hydrogen-bond donors (Lipinski definition) is 1. The summed E-state index contributed by atoms with van der Waals surface area (Å²) < 4.78 is 30.8. The second-order valence-electron chi connectivity index (χ2n) is 7.67. The number of nitrogens with zero attached hydrogens (tertiary/aromatic N) is 3. The Bertz CT molecular complexity index is 1050. The molecule has 2 aromatic carbocycles. The van der Waals surface area contributed by atoms with Gasteiger partial charge in [-0.2, -0.15) is 0 Å². The van der Waals surface area contributed by atoms with E-state index in [1.54, 1.807) is 0 Å². The minimum absolute atomic E-state index is 0.0972. The van der Waals surface area contributed by atoms with Gasteiger partial charge in [0.2, 0.25) is 15.9 Å². The third kappa shape index (κ3) is 5.64. The molecular formula is C22H28N4O5S. The van der Waals surface area contributed by atoms with Gasteiger partial charge in [-0.05, 0) is 48.5 Å². The number of rotatable bonds is 7. The minimum atomic E-state index is -3.57. The van der Waals surface area contributed by atoms with Crippen LogP contribution in [0.4, 0.5) is 11.4 Å². The predicted octanol–water partition coefficient (Wildman–Crippen LogP) is 1.48. The number of anilines is 2. The summed E-state index contributed by atoms with van der Waals surface area (Å²) in [6.45, 7) is 2.93. The monoisotopic (exact) mass is 460 g/mol. The molecule has 0 aliphatic carbocycles. The second-order valence-corrected chi connectivity index (χ2v) is 9.82. The number of likely N-dealkylation sites (N-methyl/N-ethyl adjacent to an activating group) is 1. The molecule has 0 radical (unpaired) electrons. The first-order valence-electron chi connectivity index (χ1n) is 10.2. The maximum Gasteiger partial charge on any atom is 0.254 e. The lowest BCUT2D eigenvalue weighted by Gasteiger charge is -2.28. The lowest BCUT2D eigenvalue weighted by molar-refractivity contribution is -0.116. The van der Waals surface area contributed by atoms with Gasteiger partial charge in [0.15, 0.2) is 0 Å². The molecule has 172 valence electrons. The highest BCUT2D eigenvalue weighted by atomic mass is 32.2. The molecule has 1 aliphatic rings. The van der Waals surface area contributed by atoms with Crippen LogP contribution < -0.4 is 10.2 Å². The third-order valence-electron chi connectivity index (χ3n) is 5.13. The maximum absolute atomic E-state index is 12.6. The van der Waals surface area contributed by atoms with E-state index in [1.165, 1.54) is 50.3 Å². The first-order chi connectivity index (χ1) is 15.2. The van der Waals surface area contributed by atoms with Crippen LogP contribution in [0.2, 0.25) is 0 Å². The number of morpholine rings is 1. The highest BCUT2D eigenvalue weighted by Gasteiger charge is 2.19. The van der Waals surface area contributed by atoms with Crippen molar-refractivity contribution in [3.8, 4) is 0 Å². The van der Waals surface area contributed by atoms with Gasteiger partial charge in [-0.25, -0.2) is 12.7 Å². The predicted molar refractivity (Wildman–Crippen MR) is 122 cm³/mol. The summed E-state index contributed by atoms with van der Waals surface area (Å²) >= 11 is 0. The van der Waals surface area contributed by atoms with Gasteiger partial charge in [-0.1, -0.05) is 0 Å². The Kier molecular flexibility index (Phi) is 7.49. The molecule has 0 spiro atoms. The van der Waals surface area contributed by atoms with E-state index in [4.69, 9.17) is 4.74 Å². The molecule has 1 fully saturated rings. The van der Waals surface area contributed by atoms with E-state index in [2.05, 4.69) is 10.2 Å². The van der Waals surface area contributed by atoms with Crippen molar-refractivity contribution in [2.24, 2.45) is 0 Å². The number of hydrogen-bond acceptors (Lipinski definition) is 6. The molecule has 0 atom stereocenters. The minimum Gasteiger partial charge on any atom is -0.378 e. The van der Waals surface area contributed by atoms with E-state index in [0.717, 1.165) is 23.1 Å². The molecule has 1 heterocycles. The lowest BCUT2D eigenvalue weighted by Crippen LogP contribution is -2.36. The van der Waals surface area contributed by atoms with Crippen molar-refractivity contribution < 1.29 is 22.7 Å². The maximum atomic E-state index is 12.6. The number of ether oxygens (including phenoxy) is 1. The van der Waals surface area contributed by atoms with Gasteiger partial charge in [0.1, 0.15) is 0 Å². The van der Waals surface area contributed by atoms with Gasteiger partial charge in [-0.3, -0.25) is 9.59 Å². The Hall–Kier alpha value is -2.95. The van der Waals surface area contributed by atoms with Crippen molar-refractivity contribution in [2.75, 3.05) is 64.2 Å². The highest BCUT2D eigenvalue weighted by molar-refractivity contribution is 7.89. The number of benzene rings is 2. The van der Waals surface area contributed by atoms with Crippen LogP contribution in [0.5, 0.6) is 0 Å². The number of nitrogens with one attached hydrogen (secondary N) is 1. The van der Waals surface area contributed by atoms with Crippen molar-refractivity contribution in [3.05, 3.63) is 54.1 Å². The Morgan fingerprint density at radius 1 is 0.969 bits per heavy atom. The summed E-state index contributed by atoms with van der Waals surface area (Å²) in [5.41, 5.74) is 2.01. The first-order valence-corrected chi connectivity index (χ1v) is 11.6. The number of carbonyl (C=O) groups excluding carboxylic acids is 2. The zero-order valence-electron chi connectivity index (χ0n) is 18.4. The molecule has 3 rings (SSSR count). The lowest BCUT2D eigenvalue weighted by atomic mass is 10.2. The SMILES string of the molecule is CN(CC(=O)Nc1ccc(N2CCOCC2)cc1)C(=O)c1ccc(S(=O)(=O)N(C)C)cc1. The number of amides is 2. The van der Waals surface area contributed by atoms with E-state index >= 15 is 0 Å². The van der Waals surface area contributed by atoms with Gasteiger partial charge in [0.25, 0.3) is 5.91 Å². The standard InChI is InChI=1S/C22H28N4O5S/c1-24(2)32(29,30)20-10-4-17(5-11-20)22(28)25(3)16-21(27)23-18-6-8-19(9-7-18)26-12-14-31-15-13-26/h4-11H,12-16H2,1-3H3,(H,23,27). The molecule has 9 nitrogen and oxygen atoms in total. The van der Waals surface area contributed by atoms with Crippen LogP contribution in [-0.2, 0) is 19.6 Å². The van der Waals surface area contributed by atoms with Crippen LogP contribution in [-0.4, -0.2) is 83.4 Å². The van der Waals surface area contributed by atoms with Crippen LogP contribution in [0.1, 0.15) is 10.4 Å². The van der Waals surface area contributed by atoms with E-state index in [-0.39, 0.29) is 23.3 Å². The Morgan fingerprint density at radius 3 is 2.12 bits per heavy atom. The van der Waals surface area contributed by atoms with Crippen LogP contribution in [0, 0.1) is 0 Å². The van der Waals surface area contributed by atoms with Crippen molar-refractivity contribution in [2.45, 2.75) is 4.90 Å². The Balaban J connectivity index is 1.56. The van der Waals surface area contributed by atoms with E-state index in [9.17, 15) is 18.0 Å². The van der Waals surface area contributed by atoms with Crippen molar-refractivity contribution in [1.29, 1.82) is 0 Å². The van der Waals surface area contributed by atoms with Crippen molar-refractivity contribution in [1.82, 2.24) is 9.21 Å². The van der Waals surface area contributed by atoms with Crippen LogP contribution >= 0.6 is 0 Å². The average Bonchev–Trinajstić information content (AvgIpc) is 2.79. The molecule has 32 heavy (non-hydrogen) atoms. The molecule has 0 unspecified atom stereocenters. The summed E-state index contributed by atoms with van der Waals surface area (Å²) in [6.07, 6.45) is 0. The quantitative estimate of drug-likeness (QED) is 0.672. The van der Waals surface area contributed by atoms with Crippen LogP contribution in [0.25, 0.3) is 0 Å². The topological polar surface area (TPSA) is 99.3 Å². The smallest absolute Gasteiger partial charge is 0.254 e. The molecule has 10 heteroatoms. The second kappa shape index (κ2) is 10.1. The van der Waals surface area contributed by atoms with E-state index in [0.29, 0.717) is 24.5 Å². The molecule has 1 N–H and O–H groups in total. The van der Waals surface area contributed by atoms with Crippen LogP contribution in [0.3, 0.4) is 0 Å². The fourth-order valence-electron chi connectivity index (χ4n) is 3.27. The zero-order valence-corrected chi connectivity index (χ0v) is 19.3. The van der Waals surface area contributed by atoms with Gasteiger partial charge in [0.05, 0.1) is 24.7 Å². The van der Waals surface area contributed by atoms with Crippen molar-refractivity contribution in [3.63, 3.8) is 0 Å². The summed E-state index contributed by atoms with van der Waals surface area (Å²) in [4.78, 5) is 28.6. The number of sulfonamides is 1. The highest BCUT2D eigenvalue weighted by Crippen LogP contribution is 2.19. The molecule has 0 bridgehead atoms. The first kappa shape index (κ1) is 23.7. The number of carbonyl (C=O) groups is 2.